The Balaban J connectivity index is 1.86. The van der Waals surface area contributed by atoms with Gasteiger partial charge in [-0.15, -0.1) is 0 Å². The van der Waals surface area contributed by atoms with E-state index >= 15 is 0 Å². The fourth-order valence-electron chi connectivity index (χ4n) is 4.36. The molecule has 0 aliphatic rings. The van der Waals surface area contributed by atoms with Crippen LogP contribution in [0.4, 0.5) is 0 Å². The maximum absolute atomic E-state index is 11.3. The van der Waals surface area contributed by atoms with Crippen LogP contribution in [0.1, 0.15) is 18.6 Å². The Morgan fingerprint density at radius 2 is 1.26 bits per heavy atom. The largest absolute Gasteiger partial charge is 0.496 e. The summed E-state index contributed by atoms with van der Waals surface area (Å²) in [5, 5.41) is 13.7. The predicted molar refractivity (Wildman–Crippen MR) is 146 cm³/mol. The number of nitrogens with zero attached hydrogens (tertiary/aromatic N) is 1. The lowest BCUT2D eigenvalue weighted by Gasteiger charge is -2.37. The maximum Gasteiger partial charge on any atom is 0.130 e. The summed E-state index contributed by atoms with van der Waals surface area (Å²) in [6.45, 7) is 2.09. The average molecular weight is 486 g/mol. The van der Waals surface area contributed by atoms with E-state index in [0.29, 0.717) is 0 Å². The molecule has 180 valence electrons. The topological polar surface area (TPSA) is 41.9 Å². The number of benzene rings is 4. The van der Waals surface area contributed by atoms with Crippen molar-refractivity contribution in [1.29, 1.82) is 0 Å². The monoisotopic (exact) mass is 485 g/mol. The molecule has 0 aliphatic heterocycles. The molecule has 0 bridgehead atoms. The van der Waals surface area contributed by atoms with Gasteiger partial charge < -0.3 is 14.6 Å². The quantitative estimate of drug-likeness (QED) is 0.306. The minimum absolute atomic E-state index is 0.128. The molecule has 1 unspecified atom stereocenters. The smallest absolute Gasteiger partial charge is 0.130 e. The van der Waals surface area contributed by atoms with E-state index in [9.17, 15) is 5.11 Å². The van der Waals surface area contributed by atoms with Crippen molar-refractivity contribution in [2.45, 2.75) is 19.1 Å². The summed E-state index contributed by atoms with van der Waals surface area (Å²) in [5.74, 6) is 1.53. The van der Waals surface area contributed by atoms with Gasteiger partial charge in [-0.1, -0.05) is 91.0 Å². The average Bonchev–Trinajstić information content (AvgIpc) is 2.93. The van der Waals surface area contributed by atoms with E-state index in [1.165, 1.54) is 10.6 Å². The molecule has 1 N–H and O–H groups in total. The third kappa shape index (κ3) is 5.26. The highest BCUT2D eigenvalue weighted by molar-refractivity contribution is 7.71. The summed E-state index contributed by atoms with van der Waals surface area (Å²) in [5.41, 5.74) is 2.90. The lowest BCUT2D eigenvalue weighted by molar-refractivity contribution is 0.111. The van der Waals surface area contributed by atoms with E-state index < -0.39 is 14.2 Å². The van der Waals surface area contributed by atoms with E-state index in [4.69, 9.17) is 9.47 Å². The van der Waals surface area contributed by atoms with Crippen LogP contribution >= 0.6 is 8.07 Å². The SMILES string of the molecule is COc1cccc(OC)c1-c1ccccc1P(c1ccccc1)N(C)[C@@H](C)[C@H](O)c1ccccc1. The Morgan fingerprint density at radius 1 is 0.714 bits per heavy atom. The van der Waals surface area contributed by atoms with Gasteiger partial charge in [-0.25, -0.2) is 0 Å². The van der Waals surface area contributed by atoms with Crippen molar-refractivity contribution in [1.82, 2.24) is 4.67 Å². The first kappa shape index (κ1) is 24.9. The minimum atomic E-state index is -0.991. The summed E-state index contributed by atoms with van der Waals surface area (Å²) in [7, 11) is 4.48. The molecule has 0 amide bonds. The molecule has 0 heterocycles. The Hall–Kier alpha value is -3.17. The highest BCUT2D eigenvalue weighted by Gasteiger charge is 2.31. The lowest BCUT2D eigenvalue weighted by Crippen LogP contribution is -2.36. The molecule has 3 atom stereocenters. The highest BCUT2D eigenvalue weighted by atomic mass is 31.1. The number of methoxy groups -OCH3 is 2. The van der Waals surface area contributed by atoms with E-state index in [0.717, 1.165) is 28.2 Å². The van der Waals surface area contributed by atoms with Crippen LogP contribution in [0.2, 0.25) is 0 Å². The molecule has 4 nitrogen and oxygen atoms in total. The number of hydrogen-bond donors (Lipinski definition) is 1. The van der Waals surface area contributed by atoms with Crippen LogP contribution in [0, 0.1) is 0 Å². The maximum atomic E-state index is 11.3. The molecular weight excluding hydrogens is 453 g/mol. The van der Waals surface area contributed by atoms with Crippen LogP contribution in [-0.2, 0) is 0 Å². The van der Waals surface area contributed by atoms with Gasteiger partial charge in [-0.2, -0.15) is 0 Å². The van der Waals surface area contributed by atoms with Crippen molar-refractivity contribution in [2.75, 3.05) is 21.3 Å². The third-order valence-electron chi connectivity index (χ3n) is 6.33. The number of aliphatic hydroxyl groups excluding tert-OH is 1. The van der Waals surface area contributed by atoms with Crippen molar-refractivity contribution in [2.24, 2.45) is 0 Å². The van der Waals surface area contributed by atoms with Gasteiger partial charge in [0.1, 0.15) is 11.5 Å². The molecule has 0 saturated heterocycles. The number of hydrogen-bond acceptors (Lipinski definition) is 4. The second-order valence-corrected chi connectivity index (χ2v) is 10.6. The molecule has 4 aromatic carbocycles. The molecule has 0 radical (unpaired) electrons. The highest BCUT2D eigenvalue weighted by Crippen LogP contribution is 2.46. The van der Waals surface area contributed by atoms with Gasteiger partial charge in [0.2, 0.25) is 0 Å². The molecule has 0 fully saturated rings. The summed E-state index contributed by atoms with van der Waals surface area (Å²) in [6, 6.07) is 34.5. The predicted octanol–water partition coefficient (Wildman–Crippen LogP) is 5.77. The lowest BCUT2D eigenvalue weighted by atomic mass is 10.0. The van der Waals surface area contributed by atoms with Crippen molar-refractivity contribution < 1.29 is 14.6 Å². The zero-order chi connectivity index (χ0) is 24.8. The summed E-state index contributed by atoms with van der Waals surface area (Å²) < 4.78 is 13.8. The Morgan fingerprint density at radius 3 is 1.86 bits per heavy atom. The van der Waals surface area contributed by atoms with Gasteiger partial charge in [0, 0.05) is 19.4 Å². The van der Waals surface area contributed by atoms with Gasteiger partial charge in [0.25, 0.3) is 0 Å². The molecule has 4 rings (SSSR count). The molecule has 0 aromatic heterocycles. The first-order valence-electron chi connectivity index (χ1n) is 11.7. The van der Waals surface area contributed by atoms with E-state index in [1.54, 1.807) is 14.2 Å². The van der Waals surface area contributed by atoms with Crippen LogP contribution in [-0.4, -0.2) is 37.1 Å². The fourth-order valence-corrected chi connectivity index (χ4v) is 6.93. The second-order valence-electron chi connectivity index (χ2n) is 8.37. The van der Waals surface area contributed by atoms with Crippen LogP contribution in [0.5, 0.6) is 11.5 Å². The molecular formula is C30H32NO3P. The molecule has 4 aromatic rings. The first-order valence-corrected chi connectivity index (χ1v) is 13.0. The number of rotatable bonds is 9. The van der Waals surface area contributed by atoms with Crippen LogP contribution in [0.15, 0.2) is 103 Å². The molecule has 5 heteroatoms. The van der Waals surface area contributed by atoms with Crippen molar-refractivity contribution in [3.63, 3.8) is 0 Å². The van der Waals surface area contributed by atoms with Crippen molar-refractivity contribution >= 4 is 18.7 Å². The summed E-state index contributed by atoms with van der Waals surface area (Å²) in [4.78, 5) is 0. The summed E-state index contributed by atoms with van der Waals surface area (Å²) >= 11 is 0. The molecule has 0 saturated carbocycles. The van der Waals surface area contributed by atoms with Gasteiger partial charge in [0.15, 0.2) is 0 Å². The van der Waals surface area contributed by atoms with Crippen molar-refractivity contribution in [3.8, 4) is 22.6 Å². The van der Waals surface area contributed by atoms with Crippen LogP contribution < -0.4 is 20.1 Å². The Labute approximate surface area is 209 Å². The van der Waals surface area contributed by atoms with Crippen LogP contribution in [0.3, 0.4) is 0 Å². The zero-order valence-electron chi connectivity index (χ0n) is 20.6. The zero-order valence-corrected chi connectivity index (χ0v) is 21.5. The van der Waals surface area contributed by atoms with E-state index in [-0.39, 0.29) is 6.04 Å². The van der Waals surface area contributed by atoms with E-state index in [1.807, 2.05) is 60.7 Å². The molecule has 0 spiro atoms. The van der Waals surface area contributed by atoms with Gasteiger partial charge in [-0.3, -0.25) is 4.67 Å². The number of aliphatic hydroxyl groups is 1. The first-order chi connectivity index (χ1) is 17.1. The van der Waals surface area contributed by atoms with Crippen molar-refractivity contribution in [3.05, 3.63) is 109 Å². The fraction of sp³-hybridized carbons (Fsp3) is 0.200. The third-order valence-corrected chi connectivity index (χ3v) is 8.96. The molecule has 35 heavy (non-hydrogen) atoms. The minimum Gasteiger partial charge on any atom is -0.496 e. The standard InChI is InChI=1S/C30H32NO3P/c1-22(30(32)23-14-7-5-8-15-23)31(2)35(24-16-9-6-10-17-24)28-21-12-11-18-25(28)29-26(33-3)19-13-20-27(29)34-4/h5-22,30,32H,1-4H3/t22-,30-,35?/m0/s1. The Kier molecular flexibility index (Phi) is 8.20. The van der Waals surface area contributed by atoms with E-state index in [2.05, 4.69) is 61.1 Å². The molecule has 0 aliphatic carbocycles. The van der Waals surface area contributed by atoms with Crippen LogP contribution in [0.25, 0.3) is 11.1 Å². The van der Waals surface area contributed by atoms with Gasteiger partial charge in [-0.05, 0) is 42.5 Å². The number of likely N-dealkylation sites (N-methyl/N-ethyl adjacent to an activating group) is 1. The number of ether oxygens (including phenoxy) is 2. The van der Waals surface area contributed by atoms with Gasteiger partial charge in [0.05, 0.1) is 25.9 Å². The normalized spacial score (nSPS) is 13.8. The Bertz CT molecular complexity index is 1210. The second kappa shape index (κ2) is 11.5. The summed E-state index contributed by atoms with van der Waals surface area (Å²) in [6.07, 6.45) is -0.622. The van der Waals surface area contributed by atoms with Gasteiger partial charge >= 0.3 is 0 Å².